The van der Waals surface area contributed by atoms with E-state index in [0.29, 0.717) is 5.92 Å². The Bertz CT molecular complexity index is 773. The Kier molecular flexibility index (Phi) is 6.65. The number of non-ortho nitro benzene ring substituents is 1. The van der Waals surface area contributed by atoms with Crippen LogP contribution < -0.4 is 0 Å². The fourth-order valence-electron chi connectivity index (χ4n) is 2.25. The van der Waals surface area contributed by atoms with Crippen molar-refractivity contribution in [3.8, 4) is 0 Å². The molecule has 1 saturated heterocycles. The smallest absolute Gasteiger partial charge is 0.258 e. The summed E-state index contributed by atoms with van der Waals surface area (Å²) in [6.45, 7) is 0. The number of hydrogen-bond acceptors (Lipinski definition) is 5. The van der Waals surface area contributed by atoms with Gasteiger partial charge in [-0.15, -0.1) is 0 Å². The maximum atomic E-state index is 11.0. The fraction of sp³-hybridized carbons (Fsp3) is 0.250. The van der Waals surface area contributed by atoms with Crippen molar-refractivity contribution >= 4 is 37.2 Å². The molecule has 1 aliphatic rings. The second kappa shape index (κ2) is 8.50. The number of rotatable bonds is 3. The van der Waals surface area contributed by atoms with E-state index in [-0.39, 0.29) is 10.6 Å². The highest BCUT2D eigenvalue weighted by molar-refractivity contribution is 8.13. The third-order valence-electron chi connectivity index (χ3n) is 3.53. The van der Waals surface area contributed by atoms with Gasteiger partial charge >= 0.3 is 0 Å². The number of thioether (sulfide) groups is 1. The summed E-state index contributed by atoms with van der Waals surface area (Å²) in [5.74, 6) is 2.90. The monoisotopic (exact) mass is 385 g/mol. The zero-order valence-electron chi connectivity index (χ0n) is 12.7. The lowest BCUT2D eigenvalue weighted by molar-refractivity contribution is -0.384. The third kappa shape index (κ3) is 5.51. The van der Waals surface area contributed by atoms with Crippen molar-refractivity contribution in [2.45, 2.75) is 17.2 Å². The zero-order chi connectivity index (χ0) is 17.6. The summed E-state index contributed by atoms with van der Waals surface area (Å²) in [7, 11) is 1.66. The van der Waals surface area contributed by atoms with E-state index in [9.17, 15) is 18.5 Å². The first-order valence-corrected chi connectivity index (χ1v) is 10.7. The summed E-state index contributed by atoms with van der Waals surface area (Å²) < 4.78 is 22.1. The van der Waals surface area contributed by atoms with Crippen molar-refractivity contribution in [1.29, 1.82) is 0 Å². The molecule has 1 heterocycles. The molecule has 8 heteroatoms. The van der Waals surface area contributed by atoms with Crippen molar-refractivity contribution in [1.82, 2.24) is 0 Å². The summed E-state index contributed by atoms with van der Waals surface area (Å²) in [6, 6.07) is 14.8. The molecule has 2 aromatic rings. The summed E-state index contributed by atoms with van der Waals surface area (Å²) in [6.07, 6.45) is 1.18. The molecule has 3 rings (SSSR count). The van der Waals surface area contributed by atoms with Gasteiger partial charge in [-0.25, -0.2) is 8.42 Å². The normalized spacial score (nSPS) is 17.0. The maximum absolute atomic E-state index is 11.0. The van der Waals surface area contributed by atoms with E-state index < -0.39 is 14.0 Å². The van der Waals surface area contributed by atoms with Crippen LogP contribution >= 0.6 is 22.4 Å². The van der Waals surface area contributed by atoms with Crippen LogP contribution in [0.3, 0.4) is 0 Å². The van der Waals surface area contributed by atoms with Crippen LogP contribution in [0.25, 0.3) is 0 Å². The maximum Gasteiger partial charge on any atom is 0.269 e. The Morgan fingerprint density at radius 2 is 1.71 bits per heavy atom. The SMILES string of the molecule is O=S(=O)(Cl)c1ccc(C2CCSC2)cc1.O=[N+]([O-])c1ccccc1. The van der Waals surface area contributed by atoms with Crippen molar-refractivity contribution in [2.75, 3.05) is 11.5 Å². The van der Waals surface area contributed by atoms with Gasteiger partial charge in [0.2, 0.25) is 0 Å². The number of para-hydroxylation sites is 1. The van der Waals surface area contributed by atoms with Gasteiger partial charge in [-0.05, 0) is 35.8 Å². The molecule has 0 aliphatic carbocycles. The molecule has 0 aromatic heterocycles. The fourth-order valence-corrected chi connectivity index (χ4v) is 4.28. The standard InChI is InChI=1S/C10H11ClO2S2.C6H5NO2/c11-15(12,13)10-3-1-8(2-4-10)9-5-6-14-7-9;8-7(9)6-4-2-1-3-5-6/h1-4,9H,5-7H2;1-5H. The van der Waals surface area contributed by atoms with Crippen LogP contribution in [0.2, 0.25) is 0 Å². The van der Waals surface area contributed by atoms with E-state index in [2.05, 4.69) is 0 Å². The van der Waals surface area contributed by atoms with Gasteiger partial charge in [0, 0.05) is 28.6 Å². The number of nitro benzene ring substituents is 1. The van der Waals surface area contributed by atoms with Crippen LogP contribution in [0.15, 0.2) is 59.5 Å². The molecule has 1 fully saturated rings. The topological polar surface area (TPSA) is 77.3 Å². The van der Waals surface area contributed by atoms with Crippen LogP contribution in [0.1, 0.15) is 17.9 Å². The number of nitrogens with zero attached hydrogens (tertiary/aromatic N) is 1. The molecule has 1 unspecified atom stereocenters. The number of halogens is 1. The zero-order valence-corrected chi connectivity index (χ0v) is 15.1. The van der Waals surface area contributed by atoms with Crippen LogP contribution in [0, 0.1) is 10.1 Å². The van der Waals surface area contributed by atoms with Crippen LogP contribution in [-0.2, 0) is 9.05 Å². The Morgan fingerprint density at radius 1 is 1.08 bits per heavy atom. The molecule has 0 bridgehead atoms. The summed E-state index contributed by atoms with van der Waals surface area (Å²) in [4.78, 5) is 9.77. The minimum absolute atomic E-state index is 0.137. The largest absolute Gasteiger partial charge is 0.269 e. The van der Waals surface area contributed by atoms with Gasteiger partial charge in [0.1, 0.15) is 0 Å². The molecular formula is C16H16ClNO4S2. The van der Waals surface area contributed by atoms with E-state index in [1.165, 1.54) is 29.9 Å². The van der Waals surface area contributed by atoms with Gasteiger partial charge < -0.3 is 0 Å². The molecule has 0 amide bonds. The average Bonchev–Trinajstić information content (AvgIpc) is 3.10. The minimum atomic E-state index is -3.58. The Labute approximate surface area is 149 Å². The molecular weight excluding hydrogens is 370 g/mol. The molecule has 5 nitrogen and oxygen atoms in total. The summed E-state index contributed by atoms with van der Waals surface area (Å²) in [5.41, 5.74) is 1.35. The van der Waals surface area contributed by atoms with E-state index in [4.69, 9.17) is 10.7 Å². The highest BCUT2D eigenvalue weighted by Crippen LogP contribution is 2.32. The number of nitro groups is 1. The van der Waals surface area contributed by atoms with E-state index in [0.717, 1.165) is 5.75 Å². The average molecular weight is 386 g/mol. The molecule has 0 spiro atoms. The lowest BCUT2D eigenvalue weighted by Crippen LogP contribution is -1.97. The predicted molar refractivity (Wildman–Crippen MR) is 97.3 cm³/mol. The van der Waals surface area contributed by atoms with Crippen LogP contribution in [-0.4, -0.2) is 24.8 Å². The van der Waals surface area contributed by atoms with Crippen LogP contribution in [0.4, 0.5) is 5.69 Å². The molecule has 24 heavy (non-hydrogen) atoms. The van der Waals surface area contributed by atoms with Gasteiger partial charge in [-0.3, -0.25) is 10.1 Å². The van der Waals surface area contributed by atoms with E-state index >= 15 is 0 Å². The molecule has 2 aromatic carbocycles. The molecule has 0 saturated carbocycles. The van der Waals surface area contributed by atoms with Crippen molar-refractivity contribution < 1.29 is 13.3 Å². The Morgan fingerprint density at radius 3 is 2.12 bits per heavy atom. The van der Waals surface area contributed by atoms with Crippen molar-refractivity contribution in [2.24, 2.45) is 0 Å². The summed E-state index contributed by atoms with van der Waals surface area (Å²) in [5, 5.41) is 10.0. The molecule has 0 N–H and O–H groups in total. The molecule has 1 atom stereocenters. The summed E-state index contributed by atoms with van der Waals surface area (Å²) >= 11 is 1.94. The molecule has 1 aliphatic heterocycles. The highest BCUT2D eigenvalue weighted by Gasteiger charge is 2.18. The van der Waals surface area contributed by atoms with Gasteiger partial charge in [-0.1, -0.05) is 30.3 Å². The van der Waals surface area contributed by atoms with Crippen LogP contribution in [0.5, 0.6) is 0 Å². The van der Waals surface area contributed by atoms with Gasteiger partial charge in [-0.2, -0.15) is 11.8 Å². The second-order valence-electron chi connectivity index (χ2n) is 5.16. The molecule has 0 radical (unpaired) electrons. The first kappa shape index (κ1) is 18.8. The van der Waals surface area contributed by atoms with Gasteiger partial charge in [0.15, 0.2) is 0 Å². The van der Waals surface area contributed by atoms with Gasteiger partial charge in [0.05, 0.1) is 9.82 Å². The van der Waals surface area contributed by atoms with E-state index in [1.807, 2.05) is 23.9 Å². The number of benzene rings is 2. The Hall–Kier alpha value is -1.57. The lowest BCUT2D eigenvalue weighted by Gasteiger charge is -2.08. The molecule has 128 valence electrons. The van der Waals surface area contributed by atoms with Crippen molar-refractivity contribution in [3.63, 3.8) is 0 Å². The first-order valence-electron chi connectivity index (χ1n) is 7.20. The first-order chi connectivity index (χ1) is 11.4. The lowest BCUT2D eigenvalue weighted by atomic mass is 9.99. The predicted octanol–water partition coefficient (Wildman–Crippen LogP) is 4.43. The minimum Gasteiger partial charge on any atom is -0.258 e. The second-order valence-corrected chi connectivity index (χ2v) is 8.88. The number of hydrogen-bond donors (Lipinski definition) is 0. The highest BCUT2D eigenvalue weighted by atomic mass is 35.7. The Balaban J connectivity index is 0.000000198. The van der Waals surface area contributed by atoms with Crippen molar-refractivity contribution in [3.05, 3.63) is 70.3 Å². The third-order valence-corrected chi connectivity index (χ3v) is 6.06. The quantitative estimate of drug-likeness (QED) is 0.443. The van der Waals surface area contributed by atoms with E-state index in [1.54, 1.807) is 30.3 Å². The van der Waals surface area contributed by atoms with Gasteiger partial charge in [0.25, 0.3) is 14.7 Å².